The summed E-state index contributed by atoms with van der Waals surface area (Å²) in [5.74, 6) is 2.13. The lowest BCUT2D eigenvalue weighted by atomic mass is 10.2. The van der Waals surface area contributed by atoms with E-state index in [0.717, 1.165) is 15.8 Å². The van der Waals surface area contributed by atoms with Crippen molar-refractivity contribution in [2.24, 2.45) is 5.73 Å². The smallest absolute Gasteiger partial charge is 0.264 e. The second-order valence-electron chi connectivity index (χ2n) is 4.46. The number of benzene rings is 1. The molecule has 0 bridgehead atoms. The van der Waals surface area contributed by atoms with Crippen LogP contribution in [-0.2, 0) is 13.2 Å². The molecule has 0 saturated heterocycles. The molecule has 102 valence electrons. The fraction of sp³-hybridized carbons (Fsp3) is 0.385. The van der Waals surface area contributed by atoms with Crippen LogP contribution in [0.25, 0.3) is 0 Å². The molecule has 2 rings (SSSR count). The summed E-state index contributed by atoms with van der Waals surface area (Å²) in [5.41, 5.74) is 6.61. The van der Waals surface area contributed by atoms with E-state index in [0.29, 0.717) is 18.3 Å². The van der Waals surface area contributed by atoms with Crippen molar-refractivity contribution in [3.63, 3.8) is 0 Å². The van der Waals surface area contributed by atoms with Crippen molar-refractivity contribution >= 4 is 15.9 Å². The zero-order valence-corrected chi connectivity index (χ0v) is 12.5. The minimum Gasteiger partial charge on any atom is -0.483 e. The van der Waals surface area contributed by atoms with Crippen molar-refractivity contribution in [1.29, 1.82) is 0 Å². The van der Waals surface area contributed by atoms with E-state index in [-0.39, 0.29) is 12.5 Å². The summed E-state index contributed by atoms with van der Waals surface area (Å²) >= 11 is 3.44. The average Bonchev–Trinajstić information content (AvgIpc) is 2.86. The lowest BCUT2D eigenvalue weighted by Gasteiger charge is -2.07. The van der Waals surface area contributed by atoms with Crippen LogP contribution in [0, 0.1) is 0 Å². The van der Waals surface area contributed by atoms with Crippen LogP contribution in [0.15, 0.2) is 27.2 Å². The monoisotopic (exact) mass is 325 g/mol. The van der Waals surface area contributed by atoms with E-state index in [2.05, 4.69) is 26.1 Å². The molecule has 5 nitrogen and oxygen atoms in total. The molecule has 1 aromatic carbocycles. The Kier molecular flexibility index (Phi) is 4.55. The van der Waals surface area contributed by atoms with Gasteiger partial charge in [0.1, 0.15) is 5.75 Å². The van der Waals surface area contributed by atoms with Crippen LogP contribution in [0.3, 0.4) is 0 Å². The second kappa shape index (κ2) is 6.16. The van der Waals surface area contributed by atoms with Crippen LogP contribution in [0.4, 0.5) is 0 Å². The van der Waals surface area contributed by atoms with E-state index in [1.165, 1.54) is 0 Å². The SMILES string of the molecule is CC(C)c1noc(COc2ccc(CN)cc2Br)n1. The van der Waals surface area contributed by atoms with Crippen molar-refractivity contribution in [3.05, 3.63) is 40.0 Å². The van der Waals surface area contributed by atoms with Gasteiger partial charge < -0.3 is 15.0 Å². The van der Waals surface area contributed by atoms with Crippen molar-refractivity contribution < 1.29 is 9.26 Å². The molecule has 0 aliphatic carbocycles. The predicted molar refractivity (Wildman–Crippen MR) is 74.8 cm³/mol. The molecule has 0 atom stereocenters. The predicted octanol–water partition coefficient (Wildman–Crippen LogP) is 2.99. The fourth-order valence-corrected chi connectivity index (χ4v) is 2.03. The van der Waals surface area contributed by atoms with Gasteiger partial charge >= 0.3 is 0 Å². The van der Waals surface area contributed by atoms with Gasteiger partial charge in [-0.1, -0.05) is 25.1 Å². The third-order valence-electron chi connectivity index (χ3n) is 2.58. The molecule has 0 amide bonds. The summed E-state index contributed by atoms with van der Waals surface area (Å²) in [5, 5.41) is 3.88. The molecule has 0 spiro atoms. The molecule has 0 fully saturated rings. The summed E-state index contributed by atoms with van der Waals surface area (Å²) in [4.78, 5) is 4.25. The lowest BCUT2D eigenvalue weighted by Crippen LogP contribution is -1.99. The van der Waals surface area contributed by atoms with Gasteiger partial charge in [-0.05, 0) is 33.6 Å². The van der Waals surface area contributed by atoms with Gasteiger partial charge in [-0.2, -0.15) is 4.98 Å². The highest BCUT2D eigenvalue weighted by molar-refractivity contribution is 9.10. The molecule has 1 heterocycles. The Morgan fingerprint density at radius 3 is 2.79 bits per heavy atom. The van der Waals surface area contributed by atoms with Crippen LogP contribution in [0.5, 0.6) is 5.75 Å². The minimum atomic E-state index is 0.244. The van der Waals surface area contributed by atoms with Crippen molar-refractivity contribution in [2.75, 3.05) is 0 Å². The maximum absolute atomic E-state index is 5.63. The van der Waals surface area contributed by atoms with Gasteiger partial charge in [-0.25, -0.2) is 0 Å². The summed E-state index contributed by atoms with van der Waals surface area (Å²) in [6.45, 7) is 4.77. The topological polar surface area (TPSA) is 74.2 Å². The number of hydrogen-bond donors (Lipinski definition) is 1. The highest BCUT2D eigenvalue weighted by Gasteiger charge is 2.11. The lowest BCUT2D eigenvalue weighted by molar-refractivity contribution is 0.241. The molecule has 0 radical (unpaired) electrons. The first-order valence-electron chi connectivity index (χ1n) is 6.04. The van der Waals surface area contributed by atoms with Crippen LogP contribution < -0.4 is 10.5 Å². The normalized spacial score (nSPS) is 11.0. The molecule has 0 unspecified atom stereocenters. The van der Waals surface area contributed by atoms with Gasteiger partial charge in [0.25, 0.3) is 5.89 Å². The van der Waals surface area contributed by atoms with Crippen LogP contribution in [0.1, 0.15) is 37.0 Å². The van der Waals surface area contributed by atoms with Gasteiger partial charge in [0, 0.05) is 12.5 Å². The van der Waals surface area contributed by atoms with Gasteiger partial charge in [-0.15, -0.1) is 0 Å². The number of aromatic nitrogens is 2. The Morgan fingerprint density at radius 1 is 1.42 bits per heavy atom. The number of nitrogens with two attached hydrogens (primary N) is 1. The second-order valence-corrected chi connectivity index (χ2v) is 5.31. The summed E-state index contributed by atoms with van der Waals surface area (Å²) in [7, 11) is 0. The first-order chi connectivity index (χ1) is 9.10. The van der Waals surface area contributed by atoms with Gasteiger partial charge in [0.2, 0.25) is 0 Å². The highest BCUT2D eigenvalue weighted by atomic mass is 79.9. The Morgan fingerprint density at radius 2 is 2.21 bits per heavy atom. The molecular weight excluding hydrogens is 310 g/mol. The molecule has 1 aromatic heterocycles. The molecule has 0 aliphatic rings. The van der Waals surface area contributed by atoms with E-state index in [1.54, 1.807) is 0 Å². The van der Waals surface area contributed by atoms with E-state index in [4.69, 9.17) is 15.0 Å². The van der Waals surface area contributed by atoms with Crippen LogP contribution in [0.2, 0.25) is 0 Å². The van der Waals surface area contributed by atoms with E-state index < -0.39 is 0 Å². The number of nitrogens with zero attached hydrogens (tertiary/aromatic N) is 2. The average molecular weight is 326 g/mol. The Hall–Kier alpha value is -1.40. The molecule has 2 aromatic rings. The summed E-state index contributed by atoms with van der Waals surface area (Å²) in [6.07, 6.45) is 0. The maximum atomic E-state index is 5.63. The number of hydrogen-bond acceptors (Lipinski definition) is 5. The van der Waals surface area contributed by atoms with Crippen LogP contribution >= 0.6 is 15.9 Å². The maximum Gasteiger partial charge on any atom is 0.264 e. The van der Waals surface area contributed by atoms with Crippen molar-refractivity contribution in [2.45, 2.75) is 32.9 Å². The van der Waals surface area contributed by atoms with Crippen molar-refractivity contribution in [1.82, 2.24) is 10.1 Å². The number of ether oxygens (including phenoxy) is 1. The third-order valence-corrected chi connectivity index (χ3v) is 3.20. The summed E-state index contributed by atoms with van der Waals surface area (Å²) < 4.78 is 11.6. The minimum absolute atomic E-state index is 0.244. The zero-order valence-electron chi connectivity index (χ0n) is 10.9. The van der Waals surface area contributed by atoms with E-state index >= 15 is 0 Å². The van der Waals surface area contributed by atoms with Gasteiger partial charge in [-0.3, -0.25) is 0 Å². The molecule has 0 aliphatic heterocycles. The quantitative estimate of drug-likeness (QED) is 0.914. The van der Waals surface area contributed by atoms with E-state index in [9.17, 15) is 0 Å². The van der Waals surface area contributed by atoms with Crippen molar-refractivity contribution in [3.8, 4) is 5.75 Å². The largest absolute Gasteiger partial charge is 0.483 e. The standard InChI is InChI=1S/C13H16BrN3O2/c1-8(2)13-16-12(19-17-13)7-18-11-4-3-9(6-15)5-10(11)14/h3-5,8H,6-7,15H2,1-2H3. The Balaban J connectivity index is 2.01. The van der Waals surface area contributed by atoms with Gasteiger partial charge in [0.15, 0.2) is 12.4 Å². The molecule has 0 saturated carbocycles. The third kappa shape index (κ3) is 3.54. The van der Waals surface area contributed by atoms with Crippen LogP contribution in [-0.4, -0.2) is 10.1 Å². The number of rotatable bonds is 5. The highest BCUT2D eigenvalue weighted by Crippen LogP contribution is 2.26. The fourth-order valence-electron chi connectivity index (χ4n) is 1.49. The zero-order chi connectivity index (χ0) is 13.8. The number of halogens is 1. The van der Waals surface area contributed by atoms with Gasteiger partial charge in [0.05, 0.1) is 4.47 Å². The summed E-state index contributed by atoms with van der Waals surface area (Å²) in [6, 6.07) is 5.72. The Bertz CT molecular complexity index is 555. The Labute approximate surface area is 120 Å². The first kappa shape index (κ1) is 14.0. The molecule has 19 heavy (non-hydrogen) atoms. The molecule has 2 N–H and O–H groups in total. The molecular formula is C13H16BrN3O2. The first-order valence-corrected chi connectivity index (χ1v) is 6.83. The van der Waals surface area contributed by atoms with E-state index in [1.807, 2.05) is 32.0 Å². The molecule has 6 heteroatoms.